The number of carbonyl (C=O) groups is 2. The summed E-state index contributed by atoms with van der Waals surface area (Å²) in [6, 6.07) is 14.0. The highest BCUT2D eigenvalue weighted by molar-refractivity contribution is 5.91. The van der Waals surface area contributed by atoms with Gasteiger partial charge in [0.15, 0.2) is 0 Å². The van der Waals surface area contributed by atoms with Gasteiger partial charge in [0.2, 0.25) is 5.91 Å². The van der Waals surface area contributed by atoms with Crippen molar-refractivity contribution in [1.29, 1.82) is 0 Å². The third kappa shape index (κ3) is 6.45. The molecule has 0 unspecified atom stereocenters. The fraction of sp³-hybridized carbons (Fsp3) is 0.409. The number of nitrogens with zero attached hydrogens (tertiary/aromatic N) is 3. The Balaban J connectivity index is 1.37. The molecule has 1 aromatic heterocycles. The third-order valence-electron chi connectivity index (χ3n) is 4.96. The third-order valence-corrected chi connectivity index (χ3v) is 4.96. The smallest absolute Gasteiger partial charge is 0.317 e. The van der Waals surface area contributed by atoms with E-state index in [9.17, 15) is 9.59 Å². The molecule has 1 saturated heterocycles. The van der Waals surface area contributed by atoms with Crippen molar-refractivity contribution in [2.24, 2.45) is 0 Å². The number of ether oxygens (including phenoxy) is 1. The molecule has 0 saturated carbocycles. The molecule has 0 radical (unpaired) electrons. The normalized spacial score (nSPS) is 13.8. The molecule has 30 heavy (non-hydrogen) atoms. The Bertz CT molecular complexity index is 805. The molecule has 160 valence electrons. The first-order chi connectivity index (χ1) is 14.7. The Morgan fingerprint density at radius 3 is 2.50 bits per heavy atom. The van der Waals surface area contributed by atoms with E-state index in [1.807, 2.05) is 35.2 Å². The highest BCUT2D eigenvalue weighted by Crippen LogP contribution is 2.16. The van der Waals surface area contributed by atoms with Gasteiger partial charge in [-0.25, -0.2) is 9.78 Å². The predicted molar refractivity (Wildman–Crippen MR) is 117 cm³/mol. The van der Waals surface area contributed by atoms with E-state index in [0.29, 0.717) is 25.3 Å². The van der Waals surface area contributed by atoms with E-state index >= 15 is 0 Å². The van der Waals surface area contributed by atoms with Gasteiger partial charge in [0.1, 0.15) is 12.4 Å². The molecule has 8 heteroatoms. The van der Waals surface area contributed by atoms with Crippen LogP contribution in [0.1, 0.15) is 12.0 Å². The molecule has 2 heterocycles. The second kappa shape index (κ2) is 11.2. The van der Waals surface area contributed by atoms with Gasteiger partial charge in [0, 0.05) is 39.8 Å². The van der Waals surface area contributed by atoms with Crippen LogP contribution in [0, 0.1) is 0 Å². The summed E-state index contributed by atoms with van der Waals surface area (Å²) in [6.07, 6.45) is 3.52. The molecule has 1 aliphatic heterocycles. The van der Waals surface area contributed by atoms with Gasteiger partial charge < -0.3 is 25.2 Å². The molecule has 8 nitrogen and oxygen atoms in total. The number of urea groups is 1. The van der Waals surface area contributed by atoms with Crippen LogP contribution in [0.5, 0.6) is 0 Å². The number of piperazine rings is 1. The summed E-state index contributed by atoms with van der Waals surface area (Å²) in [5, 5.41) is 5.74. The summed E-state index contributed by atoms with van der Waals surface area (Å²) in [4.78, 5) is 32.3. The van der Waals surface area contributed by atoms with Crippen LogP contribution in [0.4, 0.5) is 16.3 Å². The lowest BCUT2D eigenvalue weighted by Crippen LogP contribution is -2.52. The molecular weight excluding hydrogens is 382 g/mol. The summed E-state index contributed by atoms with van der Waals surface area (Å²) >= 11 is 0. The van der Waals surface area contributed by atoms with Crippen molar-refractivity contribution in [2.75, 3.05) is 56.7 Å². The van der Waals surface area contributed by atoms with Gasteiger partial charge in [-0.3, -0.25) is 4.79 Å². The first kappa shape index (κ1) is 21.6. The lowest BCUT2D eigenvalue weighted by molar-refractivity contribution is -0.119. The summed E-state index contributed by atoms with van der Waals surface area (Å²) in [5.41, 5.74) is 1.92. The largest absolute Gasteiger partial charge is 0.375 e. The Morgan fingerprint density at radius 2 is 1.83 bits per heavy atom. The molecule has 2 aromatic rings. The van der Waals surface area contributed by atoms with E-state index in [1.165, 1.54) is 12.7 Å². The van der Waals surface area contributed by atoms with Crippen LogP contribution in [0.25, 0.3) is 0 Å². The number of pyridine rings is 1. The number of hydrogen-bond donors (Lipinski definition) is 2. The minimum absolute atomic E-state index is 0.00752. The fourth-order valence-electron chi connectivity index (χ4n) is 3.36. The van der Waals surface area contributed by atoms with E-state index in [1.54, 1.807) is 6.20 Å². The predicted octanol–water partition coefficient (Wildman–Crippen LogP) is 2.13. The van der Waals surface area contributed by atoms with Crippen LogP contribution < -0.4 is 15.5 Å². The van der Waals surface area contributed by atoms with Gasteiger partial charge in [0.25, 0.3) is 0 Å². The number of aryl methyl sites for hydroxylation is 1. The number of benzene rings is 1. The number of rotatable bonds is 8. The summed E-state index contributed by atoms with van der Waals surface area (Å²) in [7, 11) is 1.48. The zero-order chi connectivity index (χ0) is 21.2. The Labute approximate surface area is 177 Å². The van der Waals surface area contributed by atoms with Gasteiger partial charge in [-0.2, -0.15) is 0 Å². The molecule has 3 rings (SSSR count). The molecule has 1 fully saturated rings. The van der Waals surface area contributed by atoms with Crippen molar-refractivity contribution in [3.05, 3.63) is 54.2 Å². The van der Waals surface area contributed by atoms with Crippen LogP contribution in [0.2, 0.25) is 0 Å². The zero-order valence-electron chi connectivity index (χ0n) is 17.3. The number of amides is 3. The van der Waals surface area contributed by atoms with Gasteiger partial charge in [-0.1, -0.05) is 30.3 Å². The summed E-state index contributed by atoms with van der Waals surface area (Å²) in [6.45, 7) is 3.43. The van der Waals surface area contributed by atoms with Crippen molar-refractivity contribution >= 4 is 23.4 Å². The van der Waals surface area contributed by atoms with Crippen molar-refractivity contribution in [3.63, 3.8) is 0 Å². The van der Waals surface area contributed by atoms with Crippen molar-refractivity contribution in [3.8, 4) is 0 Å². The molecule has 3 amide bonds. The van der Waals surface area contributed by atoms with Gasteiger partial charge in [-0.05, 0) is 30.5 Å². The first-order valence-electron chi connectivity index (χ1n) is 10.2. The zero-order valence-corrected chi connectivity index (χ0v) is 17.3. The highest BCUT2D eigenvalue weighted by atomic mass is 16.5. The molecule has 2 N–H and O–H groups in total. The van der Waals surface area contributed by atoms with Crippen LogP contribution in [0.3, 0.4) is 0 Å². The number of carbonyl (C=O) groups excluding carboxylic acids is 2. The number of anilines is 2. The maximum Gasteiger partial charge on any atom is 0.317 e. The van der Waals surface area contributed by atoms with E-state index in [4.69, 9.17) is 4.74 Å². The van der Waals surface area contributed by atoms with E-state index in [-0.39, 0.29) is 18.5 Å². The minimum atomic E-state index is -0.213. The standard InChI is InChI=1S/C22H29N5O3/c1-30-17-21(28)25-19-9-10-20(24-16-19)26-12-14-27(15-13-26)22(29)23-11-5-8-18-6-3-2-4-7-18/h2-4,6-7,9-10,16H,5,8,11-15,17H2,1H3,(H,23,29)(H,25,28). The van der Waals surface area contributed by atoms with E-state index in [2.05, 4.69) is 32.7 Å². The molecule has 0 atom stereocenters. The average Bonchev–Trinajstić information content (AvgIpc) is 2.78. The van der Waals surface area contributed by atoms with Crippen LogP contribution >= 0.6 is 0 Å². The first-order valence-corrected chi connectivity index (χ1v) is 10.2. The quantitative estimate of drug-likeness (QED) is 0.650. The SMILES string of the molecule is COCC(=O)Nc1ccc(N2CCN(C(=O)NCCCc3ccccc3)CC2)nc1. The second-order valence-electron chi connectivity index (χ2n) is 7.18. The van der Waals surface area contributed by atoms with Crippen LogP contribution in [0.15, 0.2) is 48.7 Å². The average molecular weight is 412 g/mol. The maximum absolute atomic E-state index is 12.4. The molecular formula is C22H29N5O3. The molecule has 1 aliphatic rings. The van der Waals surface area contributed by atoms with Gasteiger partial charge in [0.05, 0.1) is 11.9 Å². The topological polar surface area (TPSA) is 86.8 Å². The number of nitrogens with one attached hydrogen (secondary N) is 2. The van der Waals surface area contributed by atoms with Crippen LogP contribution in [-0.2, 0) is 16.0 Å². The minimum Gasteiger partial charge on any atom is -0.375 e. The monoisotopic (exact) mass is 411 g/mol. The van der Waals surface area contributed by atoms with Gasteiger partial charge in [-0.15, -0.1) is 0 Å². The lowest BCUT2D eigenvalue weighted by atomic mass is 10.1. The molecule has 0 spiro atoms. The molecule has 1 aromatic carbocycles. The molecule has 0 aliphatic carbocycles. The Hall–Kier alpha value is -3.13. The highest BCUT2D eigenvalue weighted by Gasteiger charge is 2.21. The van der Waals surface area contributed by atoms with Crippen molar-refractivity contribution < 1.29 is 14.3 Å². The van der Waals surface area contributed by atoms with E-state index < -0.39 is 0 Å². The summed E-state index contributed by atoms with van der Waals surface area (Å²) in [5.74, 6) is 0.623. The van der Waals surface area contributed by atoms with E-state index in [0.717, 1.165) is 31.7 Å². The summed E-state index contributed by atoms with van der Waals surface area (Å²) < 4.78 is 4.80. The Kier molecular flexibility index (Phi) is 8.02. The number of hydrogen-bond acceptors (Lipinski definition) is 5. The maximum atomic E-state index is 12.4. The van der Waals surface area contributed by atoms with Crippen molar-refractivity contribution in [1.82, 2.24) is 15.2 Å². The number of aromatic nitrogens is 1. The second-order valence-corrected chi connectivity index (χ2v) is 7.18. The van der Waals surface area contributed by atoms with Crippen LogP contribution in [-0.4, -0.2) is 68.3 Å². The van der Waals surface area contributed by atoms with Gasteiger partial charge >= 0.3 is 6.03 Å². The lowest BCUT2D eigenvalue weighted by Gasteiger charge is -2.35. The Morgan fingerprint density at radius 1 is 1.07 bits per heavy atom. The van der Waals surface area contributed by atoms with Crippen molar-refractivity contribution in [2.45, 2.75) is 12.8 Å². The molecule has 0 bridgehead atoms. The number of methoxy groups -OCH3 is 1. The fourth-order valence-corrected chi connectivity index (χ4v) is 3.36.